The Morgan fingerprint density at radius 1 is 1.59 bits per heavy atom. The van der Waals surface area contributed by atoms with E-state index in [1.807, 2.05) is 13.8 Å². The smallest absolute Gasteiger partial charge is 0.252 e. The molecule has 0 aliphatic carbocycles. The quantitative estimate of drug-likeness (QED) is 0.908. The van der Waals surface area contributed by atoms with E-state index < -0.39 is 0 Å². The number of carbonyl (C=O) groups is 1. The summed E-state index contributed by atoms with van der Waals surface area (Å²) in [6.45, 7) is 4.82. The predicted octanol–water partition coefficient (Wildman–Crippen LogP) is 2.74. The molecular formula is C12H15BrFNO2. The van der Waals surface area contributed by atoms with E-state index in [-0.39, 0.29) is 17.8 Å². The molecule has 1 unspecified atom stereocenters. The lowest BCUT2D eigenvalue weighted by Gasteiger charge is -2.14. The Morgan fingerprint density at radius 3 is 2.88 bits per heavy atom. The van der Waals surface area contributed by atoms with Crippen molar-refractivity contribution in [1.29, 1.82) is 0 Å². The number of hydrogen-bond acceptors (Lipinski definition) is 2. The van der Waals surface area contributed by atoms with Crippen LogP contribution in [-0.2, 0) is 4.74 Å². The first-order valence-electron chi connectivity index (χ1n) is 5.38. The van der Waals surface area contributed by atoms with Gasteiger partial charge in [0.25, 0.3) is 5.91 Å². The molecule has 3 nitrogen and oxygen atoms in total. The lowest BCUT2D eigenvalue weighted by molar-refractivity contribution is 0.0871. The largest absolute Gasteiger partial charge is 0.380 e. The molecule has 1 N–H and O–H groups in total. The maximum Gasteiger partial charge on any atom is 0.252 e. The van der Waals surface area contributed by atoms with Crippen LogP contribution in [0.5, 0.6) is 0 Å². The van der Waals surface area contributed by atoms with E-state index >= 15 is 0 Å². The summed E-state index contributed by atoms with van der Waals surface area (Å²) in [6, 6.07) is 3.89. The van der Waals surface area contributed by atoms with Gasteiger partial charge in [0.15, 0.2) is 0 Å². The molecule has 1 aromatic carbocycles. The summed E-state index contributed by atoms with van der Waals surface area (Å²) in [6.07, 6.45) is 0. The van der Waals surface area contributed by atoms with Crippen molar-refractivity contribution in [2.75, 3.05) is 13.2 Å². The van der Waals surface area contributed by atoms with Crippen LogP contribution < -0.4 is 5.32 Å². The number of halogens is 2. The Balaban J connectivity index is 2.63. The molecule has 0 aliphatic heterocycles. The molecule has 1 amide bonds. The van der Waals surface area contributed by atoms with Crippen LogP contribution in [0.15, 0.2) is 22.7 Å². The predicted molar refractivity (Wildman–Crippen MR) is 67.5 cm³/mol. The summed E-state index contributed by atoms with van der Waals surface area (Å²) >= 11 is 3.16. The van der Waals surface area contributed by atoms with Gasteiger partial charge in [0.1, 0.15) is 5.82 Å². The van der Waals surface area contributed by atoms with Gasteiger partial charge in [0.05, 0.1) is 12.2 Å². The van der Waals surface area contributed by atoms with E-state index in [1.54, 1.807) is 0 Å². The Kier molecular flexibility index (Phi) is 5.58. The van der Waals surface area contributed by atoms with Crippen LogP contribution in [0, 0.1) is 5.82 Å². The standard InChI is InChI=1S/C12H15BrFNO2/c1-3-17-7-8(2)15-12(16)10-5-4-9(14)6-11(10)13/h4-6,8H,3,7H2,1-2H3,(H,15,16). The Hall–Kier alpha value is -0.940. The number of nitrogens with one attached hydrogen (secondary N) is 1. The van der Waals surface area contributed by atoms with Crippen molar-refractivity contribution in [3.8, 4) is 0 Å². The summed E-state index contributed by atoms with van der Waals surface area (Å²) < 4.78 is 18.5. The molecule has 0 aromatic heterocycles. The van der Waals surface area contributed by atoms with Gasteiger partial charge in [-0.2, -0.15) is 0 Å². The number of ether oxygens (including phenoxy) is 1. The Bertz CT molecular complexity index is 398. The van der Waals surface area contributed by atoms with Crippen molar-refractivity contribution in [3.63, 3.8) is 0 Å². The lowest BCUT2D eigenvalue weighted by atomic mass is 10.2. The second-order valence-corrected chi connectivity index (χ2v) is 4.51. The van der Waals surface area contributed by atoms with Crippen molar-refractivity contribution in [2.45, 2.75) is 19.9 Å². The zero-order valence-electron chi connectivity index (χ0n) is 9.80. The highest BCUT2D eigenvalue weighted by Gasteiger charge is 2.13. The number of hydrogen-bond donors (Lipinski definition) is 1. The van der Waals surface area contributed by atoms with E-state index in [1.165, 1.54) is 18.2 Å². The second-order valence-electron chi connectivity index (χ2n) is 3.66. The minimum atomic E-state index is -0.379. The van der Waals surface area contributed by atoms with Gasteiger partial charge in [-0.25, -0.2) is 4.39 Å². The van der Waals surface area contributed by atoms with Crippen LogP contribution in [0.1, 0.15) is 24.2 Å². The molecule has 1 aromatic rings. The van der Waals surface area contributed by atoms with Gasteiger partial charge in [0, 0.05) is 17.1 Å². The normalized spacial score (nSPS) is 12.2. The monoisotopic (exact) mass is 303 g/mol. The number of carbonyl (C=O) groups excluding carboxylic acids is 1. The van der Waals surface area contributed by atoms with Gasteiger partial charge in [-0.05, 0) is 48.0 Å². The van der Waals surface area contributed by atoms with Crippen LogP contribution in [0.2, 0.25) is 0 Å². The molecule has 0 bridgehead atoms. The first kappa shape index (κ1) is 14.1. The molecule has 0 saturated carbocycles. The van der Waals surface area contributed by atoms with Gasteiger partial charge >= 0.3 is 0 Å². The number of amides is 1. The third-order valence-corrected chi connectivity index (χ3v) is 2.78. The first-order valence-corrected chi connectivity index (χ1v) is 6.17. The van der Waals surface area contributed by atoms with Crippen LogP contribution in [0.4, 0.5) is 4.39 Å². The topological polar surface area (TPSA) is 38.3 Å². The molecule has 0 saturated heterocycles. The minimum Gasteiger partial charge on any atom is -0.380 e. The molecule has 1 rings (SSSR count). The second kappa shape index (κ2) is 6.71. The molecule has 17 heavy (non-hydrogen) atoms. The molecule has 1 atom stereocenters. The SMILES string of the molecule is CCOCC(C)NC(=O)c1ccc(F)cc1Br. The van der Waals surface area contributed by atoms with Crippen molar-refractivity contribution < 1.29 is 13.9 Å². The van der Waals surface area contributed by atoms with E-state index in [0.717, 1.165) is 0 Å². The minimum absolute atomic E-state index is 0.0839. The van der Waals surface area contributed by atoms with Crippen molar-refractivity contribution in [3.05, 3.63) is 34.1 Å². The Morgan fingerprint density at radius 2 is 2.29 bits per heavy atom. The average Bonchev–Trinajstić information content (AvgIpc) is 2.26. The van der Waals surface area contributed by atoms with E-state index in [9.17, 15) is 9.18 Å². The lowest BCUT2D eigenvalue weighted by Crippen LogP contribution is -2.36. The van der Waals surface area contributed by atoms with Crippen LogP contribution in [-0.4, -0.2) is 25.2 Å². The van der Waals surface area contributed by atoms with Gasteiger partial charge < -0.3 is 10.1 Å². The third kappa shape index (κ3) is 4.44. The average molecular weight is 304 g/mol. The molecule has 0 aliphatic rings. The van der Waals surface area contributed by atoms with Gasteiger partial charge in [-0.3, -0.25) is 4.79 Å². The molecule has 5 heteroatoms. The highest BCUT2D eigenvalue weighted by Crippen LogP contribution is 2.17. The van der Waals surface area contributed by atoms with E-state index in [4.69, 9.17) is 4.74 Å². The third-order valence-electron chi connectivity index (χ3n) is 2.13. The molecular weight excluding hydrogens is 289 g/mol. The highest BCUT2D eigenvalue weighted by molar-refractivity contribution is 9.10. The molecule has 0 radical (unpaired) electrons. The van der Waals surface area contributed by atoms with Crippen LogP contribution >= 0.6 is 15.9 Å². The van der Waals surface area contributed by atoms with E-state index in [0.29, 0.717) is 23.2 Å². The summed E-state index contributed by atoms with van der Waals surface area (Å²) in [7, 11) is 0. The maximum absolute atomic E-state index is 12.9. The van der Waals surface area contributed by atoms with Gasteiger partial charge in [0.2, 0.25) is 0 Å². The van der Waals surface area contributed by atoms with E-state index in [2.05, 4.69) is 21.2 Å². The van der Waals surface area contributed by atoms with Crippen molar-refractivity contribution >= 4 is 21.8 Å². The van der Waals surface area contributed by atoms with Crippen molar-refractivity contribution in [1.82, 2.24) is 5.32 Å². The Labute approximate surface area is 108 Å². The number of benzene rings is 1. The summed E-state index contributed by atoms with van der Waals surface area (Å²) in [5.74, 6) is -0.625. The fraction of sp³-hybridized carbons (Fsp3) is 0.417. The molecule has 0 fully saturated rings. The summed E-state index contributed by atoms with van der Waals surface area (Å²) in [4.78, 5) is 11.8. The van der Waals surface area contributed by atoms with Crippen LogP contribution in [0.3, 0.4) is 0 Å². The zero-order valence-corrected chi connectivity index (χ0v) is 11.4. The van der Waals surface area contributed by atoms with Gasteiger partial charge in [-0.1, -0.05) is 0 Å². The van der Waals surface area contributed by atoms with Gasteiger partial charge in [-0.15, -0.1) is 0 Å². The maximum atomic E-state index is 12.9. The summed E-state index contributed by atoms with van der Waals surface area (Å²) in [5, 5.41) is 2.77. The molecule has 94 valence electrons. The fourth-order valence-electron chi connectivity index (χ4n) is 1.31. The highest BCUT2D eigenvalue weighted by atomic mass is 79.9. The summed E-state index contributed by atoms with van der Waals surface area (Å²) in [5.41, 5.74) is 0.412. The first-order chi connectivity index (χ1) is 8.04. The van der Waals surface area contributed by atoms with Crippen LogP contribution in [0.25, 0.3) is 0 Å². The fourth-order valence-corrected chi connectivity index (χ4v) is 1.84. The molecule has 0 heterocycles. The van der Waals surface area contributed by atoms with Crippen molar-refractivity contribution in [2.24, 2.45) is 0 Å². The molecule has 0 spiro atoms. The zero-order chi connectivity index (χ0) is 12.8. The number of rotatable bonds is 5.